The molecule has 0 saturated carbocycles. The van der Waals surface area contributed by atoms with Gasteiger partial charge in [-0.3, -0.25) is 9.69 Å². The van der Waals surface area contributed by atoms with E-state index >= 15 is 0 Å². The molecule has 2 aliphatic heterocycles. The molecule has 0 unspecified atom stereocenters. The van der Waals surface area contributed by atoms with E-state index in [1.807, 2.05) is 25.1 Å². The van der Waals surface area contributed by atoms with Gasteiger partial charge in [-0.2, -0.15) is 18.4 Å². The van der Waals surface area contributed by atoms with Crippen molar-refractivity contribution in [2.75, 3.05) is 29.5 Å². The summed E-state index contributed by atoms with van der Waals surface area (Å²) in [7, 11) is 0. The van der Waals surface area contributed by atoms with Crippen molar-refractivity contribution in [1.29, 1.82) is 5.26 Å². The predicted octanol–water partition coefficient (Wildman–Crippen LogP) is 5.43. The summed E-state index contributed by atoms with van der Waals surface area (Å²) >= 11 is 5.65. The predicted molar refractivity (Wildman–Crippen MR) is 140 cm³/mol. The van der Waals surface area contributed by atoms with E-state index < -0.39 is 28.7 Å². The summed E-state index contributed by atoms with van der Waals surface area (Å²) in [6.45, 7) is 7.99. The molecule has 10 heteroatoms. The van der Waals surface area contributed by atoms with E-state index in [-0.39, 0.29) is 10.8 Å². The number of hydrogen-bond acceptors (Lipinski definition) is 5. The van der Waals surface area contributed by atoms with Gasteiger partial charge in [-0.25, -0.2) is 0 Å². The molecule has 0 atom stereocenters. The molecule has 2 saturated heterocycles. The molecule has 0 aromatic heterocycles. The number of piperidine rings is 1. The van der Waals surface area contributed by atoms with Crippen LogP contribution in [0, 0.1) is 17.2 Å². The van der Waals surface area contributed by atoms with Crippen molar-refractivity contribution < 1.29 is 22.7 Å². The average molecular weight is 531 g/mol. The number of benzene rings is 2. The third kappa shape index (κ3) is 5.15. The molecule has 2 heterocycles. The maximum absolute atomic E-state index is 13.6. The van der Waals surface area contributed by atoms with Crippen LogP contribution in [0.3, 0.4) is 0 Å². The van der Waals surface area contributed by atoms with Crippen molar-refractivity contribution in [2.45, 2.75) is 51.7 Å². The van der Waals surface area contributed by atoms with Crippen LogP contribution in [-0.2, 0) is 17.4 Å². The van der Waals surface area contributed by atoms with E-state index in [1.165, 1.54) is 6.07 Å². The third-order valence-electron chi connectivity index (χ3n) is 6.97. The van der Waals surface area contributed by atoms with E-state index in [1.54, 1.807) is 24.8 Å². The highest BCUT2D eigenvalue weighted by molar-refractivity contribution is 7.81. The number of aryl methyl sites for hydroxylation is 1. The SMILES string of the molecule is CCc1cc(N2C(=S)N(c3ccc(C#N)c(C(F)(F)F)c3)C(=O)C2(C)C)ccc1OCC1CCNCC1. The minimum absolute atomic E-state index is 0.0328. The summed E-state index contributed by atoms with van der Waals surface area (Å²) in [6.07, 6.45) is -1.92. The molecule has 2 fully saturated rings. The largest absolute Gasteiger partial charge is 0.493 e. The smallest absolute Gasteiger partial charge is 0.417 e. The fourth-order valence-electron chi connectivity index (χ4n) is 4.84. The number of thiocarbonyl (C=S) groups is 1. The Morgan fingerprint density at radius 1 is 1.16 bits per heavy atom. The second-order valence-corrected chi connectivity index (χ2v) is 10.2. The number of anilines is 2. The summed E-state index contributed by atoms with van der Waals surface area (Å²) in [6, 6.07) is 10.3. The first-order valence-corrected chi connectivity index (χ1v) is 12.7. The van der Waals surface area contributed by atoms with Crippen LogP contribution in [0.5, 0.6) is 5.75 Å². The molecule has 37 heavy (non-hydrogen) atoms. The van der Waals surface area contributed by atoms with Gasteiger partial charge in [0.1, 0.15) is 11.3 Å². The number of rotatable bonds is 6. The first kappa shape index (κ1) is 26.9. The second-order valence-electron chi connectivity index (χ2n) is 9.81. The molecule has 1 N–H and O–H groups in total. The molecule has 1 amide bonds. The molecule has 196 valence electrons. The minimum Gasteiger partial charge on any atom is -0.493 e. The van der Waals surface area contributed by atoms with Crippen molar-refractivity contribution in [1.82, 2.24) is 5.32 Å². The summed E-state index contributed by atoms with van der Waals surface area (Å²) in [4.78, 5) is 16.2. The Bertz CT molecular complexity index is 1250. The van der Waals surface area contributed by atoms with Gasteiger partial charge in [0.2, 0.25) is 0 Å². The third-order valence-corrected chi connectivity index (χ3v) is 7.34. The monoisotopic (exact) mass is 530 g/mol. The Morgan fingerprint density at radius 2 is 1.84 bits per heavy atom. The summed E-state index contributed by atoms with van der Waals surface area (Å²) < 4.78 is 46.9. The molecule has 6 nitrogen and oxygen atoms in total. The molecule has 0 radical (unpaired) electrons. The number of alkyl halides is 3. The van der Waals surface area contributed by atoms with E-state index in [4.69, 9.17) is 22.2 Å². The minimum atomic E-state index is -4.75. The van der Waals surface area contributed by atoms with Crippen LogP contribution in [0.1, 0.15) is 50.3 Å². The number of ether oxygens (including phenoxy) is 1. The van der Waals surface area contributed by atoms with Crippen molar-refractivity contribution in [3.05, 3.63) is 53.1 Å². The van der Waals surface area contributed by atoms with Gasteiger partial charge in [-0.15, -0.1) is 0 Å². The van der Waals surface area contributed by atoms with E-state index in [0.717, 1.165) is 54.3 Å². The van der Waals surface area contributed by atoms with Crippen molar-refractivity contribution >= 4 is 34.6 Å². The molecular weight excluding hydrogens is 501 g/mol. The zero-order chi connectivity index (χ0) is 27.0. The molecule has 2 aromatic carbocycles. The molecule has 0 spiro atoms. The van der Waals surface area contributed by atoms with Gasteiger partial charge in [0, 0.05) is 5.69 Å². The van der Waals surface area contributed by atoms with Gasteiger partial charge >= 0.3 is 6.18 Å². The van der Waals surface area contributed by atoms with Crippen molar-refractivity contribution in [3.8, 4) is 11.8 Å². The number of hydrogen-bond donors (Lipinski definition) is 1. The highest BCUT2D eigenvalue weighted by Crippen LogP contribution is 2.40. The molecule has 0 bridgehead atoms. The molecular formula is C27H29F3N4O2S. The van der Waals surface area contributed by atoms with Crippen LogP contribution in [0.25, 0.3) is 0 Å². The number of nitrogens with one attached hydrogen (secondary N) is 1. The summed E-state index contributed by atoms with van der Waals surface area (Å²) in [5, 5.41) is 12.5. The van der Waals surface area contributed by atoms with Crippen LogP contribution in [0.4, 0.5) is 24.5 Å². The fourth-order valence-corrected chi connectivity index (χ4v) is 5.36. The van der Waals surface area contributed by atoms with Gasteiger partial charge in [-0.1, -0.05) is 6.92 Å². The van der Waals surface area contributed by atoms with Crippen LogP contribution in [0.2, 0.25) is 0 Å². The Kier molecular flexibility index (Phi) is 7.49. The van der Waals surface area contributed by atoms with Gasteiger partial charge in [0.25, 0.3) is 5.91 Å². The molecule has 0 aliphatic carbocycles. The zero-order valence-electron chi connectivity index (χ0n) is 21.0. The molecule has 4 rings (SSSR count). The van der Waals surface area contributed by atoms with Crippen LogP contribution in [-0.4, -0.2) is 36.3 Å². The van der Waals surface area contributed by atoms with Gasteiger partial charge in [0.15, 0.2) is 5.11 Å². The normalized spacial score (nSPS) is 18.3. The highest BCUT2D eigenvalue weighted by atomic mass is 32.1. The van der Waals surface area contributed by atoms with Crippen LogP contribution >= 0.6 is 12.2 Å². The number of carbonyl (C=O) groups excluding carboxylic acids is 1. The van der Waals surface area contributed by atoms with E-state index in [0.29, 0.717) is 24.6 Å². The van der Waals surface area contributed by atoms with Crippen LogP contribution < -0.4 is 19.9 Å². The fraction of sp³-hybridized carbons (Fsp3) is 0.444. The van der Waals surface area contributed by atoms with Gasteiger partial charge in [-0.05, 0) is 106 Å². The molecule has 2 aliphatic rings. The number of amides is 1. The number of carbonyl (C=O) groups is 1. The van der Waals surface area contributed by atoms with Crippen molar-refractivity contribution in [2.24, 2.45) is 5.92 Å². The van der Waals surface area contributed by atoms with Crippen molar-refractivity contribution in [3.63, 3.8) is 0 Å². The Morgan fingerprint density at radius 3 is 2.46 bits per heavy atom. The number of halogens is 3. The first-order chi connectivity index (χ1) is 17.5. The standard InChI is InChI=1S/C27H29F3N4O2S/c1-4-18-13-21(7-8-23(18)36-16-17-9-11-32-12-10-17)34-25(37)33(24(35)26(34,2)3)20-6-5-19(15-31)22(14-20)27(28,29)30/h5-8,13-14,17,32H,4,9-12,16H2,1-3H3. The maximum Gasteiger partial charge on any atom is 0.417 e. The quantitative estimate of drug-likeness (QED) is 0.502. The highest BCUT2D eigenvalue weighted by Gasteiger charge is 2.50. The summed E-state index contributed by atoms with van der Waals surface area (Å²) in [5.74, 6) is 0.813. The summed E-state index contributed by atoms with van der Waals surface area (Å²) in [5.41, 5.74) is -1.20. The van der Waals surface area contributed by atoms with E-state index in [9.17, 15) is 18.0 Å². The number of nitriles is 1. The number of nitrogens with zero attached hydrogens (tertiary/aromatic N) is 3. The first-order valence-electron chi connectivity index (χ1n) is 12.3. The second kappa shape index (κ2) is 10.3. The Balaban J connectivity index is 1.65. The average Bonchev–Trinajstić information content (AvgIpc) is 3.05. The zero-order valence-corrected chi connectivity index (χ0v) is 21.8. The molecule has 2 aromatic rings. The lowest BCUT2D eigenvalue weighted by atomic mass is 9.99. The topological polar surface area (TPSA) is 68.6 Å². The Labute approximate surface area is 220 Å². The van der Waals surface area contributed by atoms with Gasteiger partial charge < -0.3 is 15.0 Å². The Hall–Kier alpha value is -3.16. The van der Waals surface area contributed by atoms with Gasteiger partial charge in [0.05, 0.1) is 29.5 Å². The maximum atomic E-state index is 13.6. The lowest BCUT2D eigenvalue weighted by Gasteiger charge is -2.30. The van der Waals surface area contributed by atoms with Crippen LogP contribution in [0.15, 0.2) is 36.4 Å². The van der Waals surface area contributed by atoms with E-state index in [2.05, 4.69) is 5.32 Å². The lowest BCUT2D eigenvalue weighted by molar-refractivity contribution is -0.137. The lowest BCUT2D eigenvalue weighted by Crippen LogP contribution is -2.44.